The van der Waals surface area contributed by atoms with Crippen LogP contribution in [0.5, 0.6) is 0 Å². The molecule has 0 aromatic rings. The van der Waals surface area contributed by atoms with Crippen molar-refractivity contribution in [2.24, 2.45) is 5.73 Å². The van der Waals surface area contributed by atoms with Gasteiger partial charge in [0.2, 0.25) is 6.54 Å². The molecule has 0 saturated heterocycles. The van der Waals surface area contributed by atoms with Crippen LogP contribution in [0, 0.1) is 4.91 Å². The topological polar surface area (TPSA) is 64.6 Å². The summed E-state index contributed by atoms with van der Waals surface area (Å²) in [7, 11) is 1.47. The highest BCUT2D eigenvalue weighted by atomic mass is 16.5. The third-order valence-electron chi connectivity index (χ3n) is 1.18. The van der Waals surface area contributed by atoms with Crippen LogP contribution in [0.3, 0.4) is 0 Å². The van der Waals surface area contributed by atoms with Crippen molar-refractivity contribution in [3.8, 4) is 0 Å². The van der Waals surface area contributed by atoms with E-state index in [1.807, 2.05) is 0 Å². The zero-order valence-corrected chi connectivity index (χ0v) is 7.49. The van der Waals surface area contributed by atoms with Crippen LogP contribution in [0.4, 0.5) is 0 Å². The average molecular weight is 177 g/mol. The largest absolute Gasteiger partial charge is 0.378 e. The highest BCUT2D eigenvalue weighted by Gasteiger charge is 1.97. The molecule has 0 aromatic heterocycles. The van der Waals surface area contributed by atoms with Crippen molar-refractivity contribution in [3.63, 3.8) is 0 Å². The zero-order valence-electron chi connectivity index (χ0n) is 7.49. The van der Waals surface area contributed by atoms with E-state index in [0.717, 1.165) is 4.76 Å². The molecule has 0 bridgehead atoms. The summed E-state index contributed by atoms with van der Waals surface area (Å²) >= 11 is 0. The molecule has 0 aliphatic heterocycles. The molecule has 0 unspecified atom stereocenters. The van der Waals surface area contributed by atoms with Gasteiger partial charge in [0.25, 0.3) is 0 Å². The van der Waals surface area contributed by atoms with E-state index in [1.54, 1.807) is 0 Å². The zero-order chi connectivity index (χ0) is 9.23. The van der Waals surface area contributed by atoms with Crippen molar-refractivity contribution in [2.75, 3.05) is 46.6 Å². The number of nitrogens with two attached hydrogens (primary N) is 1. The molecule has 72 valence electrons. The number of rotatable bonds is 8. The van der Waals surface area contributed by atoms with E-state index in [2.05, 4.69) is 0 Å². The van der Waals surface area contributed by atoms with Crippen molar-refractivity contribution in [2.45, 2.75) is 0 Å². The van der Waals surface area contributed by atoms with E-state index < -0.39 is 0 Å². The second kappa shape index (κ2) is 8.58. The van der Waals surface area contributed by atoms with E-state index in [4.69, 9.17) is 15.2 Å². The van der Waals surface area contributed by atoms with Gasteiger partial charge in [0.05, 0.1) is 19.8 Å². The lowest BCUT2D eigenvalue weighted by atomic mass is 10.6. The maximum absolute atomic E-state index is 10.4. The van der Waals surface area contributed by atoms with E-state index >= 15 is 0 Å². The minimum atomic E-state index is 0.400. The fourth-order valence-corrected chi connectivity index (χ4v) is 0.598. The Morgan fingerprint density at radius 2 is 1.75 bits per heavy atom. The summed E-state index contributed by atoms with van der Waals surface area (Å²) in [5, 5.41) is 0. The van der Waals surface area contributed by atoms with E-state index in [9.17, 15) is 4.91 Å². The van der Waals surface area contributed by atoms with Crippen LogP contribution in [0.1, 0.15) is 0 Å². The van der Waals surface area contributed by atoms with Gasteiger partial charge in [-0.2, -0.15) is 0 Å². The van der Waals surface area contributed by atoms with Crippen molar-refractivity contribution in [1.82, 2.24) is 0 Å². The van der Waals surface area contributed by atoms with Crippen molar-refractivity contribution < 1.29 is 14.2 Å². The molecule has 0 heterocycles. The Hall–Kier alpha value is -0.520. The number of likely N-dealkylation sites (N-methyl/N-ethyl adjacent to an activating group) is 1. The summed E-state index contributed by atoms with van der Waals surface area (Å²) in [6, 6.07) is 0. The number of hydrogen-bond acceptors (Lipinski definition) is 4. The Labute approximate surface area is 72.4 Å². The summed E-state index contributed by atoms with van der Waals surface area (Å²) in [5.41, 5.74) is 5.20. The third-order valence-corrected chi connectivity index (χ3v) is 1.18. The third kappa shape index (κ3) is 9.48. The Morgan fingerprint density at radius 1 is 1.17 bits per heavy atom. The van der Waals surface area contributed by atoms with Gasteiger partial charge in [-0.3, -0.25) is 0 Å². The van der Waals surface area contributed by atoms with Crippen molar-refractivity contribution in [3.05, 3.63) is 4.91 Å². The van der Waals surface area contributed by atoms with Gasteiger partial charge < -0.3 is 15.2 Å². The van der Waals surface area contributed by atoms with Crippen molar-refractivity contribution in [1.29, 1.82) is 0 Å². The molecule has 2 N–H and O–H groups in total. The molecule has 0 spiro atoms. The lowest BCUT2D eigenvalue weighted by molar-refractivity contribution is -0.521. The van der Waals surface area contributed by atoms with E-state index in [-0.39, 0.29) is 0 Å². The fraction of sp³-hybridized carbons (Fsp3) is 1.00. The summed E-state index contributed by atoms with van der Waals surface area (Å²) in [5.74, 6) is 0. The van der Waals surface area contributed by atoms with Crippen LogP contribution in [0.15, 0.2) is 0 Å². The highest BCUT2D eigenvalue weighted by Crippen LogP contribution is 1.78. The molecule has 0 saturated carbocycles. The fourth-order valence-electron chi connectivity index (χ4n) is 0.598. The van der Waals surface area contributed by atoms with E-state index in [0.29, 0.717) is 39.5 Å². The van der Waals surface area contributed by atoms with Crippen LogP contribution >= 0.6 is 0 Å². The number of nitrogens with zero attached hydrogens (tertiary/aromatic N) is 1. The number of hydrogen-bond donors (Lipinski definition) is 1. The second-order valence-corrected chi connectivity index (χ2v) is 2.36. The first-order valence-electron chi connectivity index (χ1n) is 4.01. The lowest BCUT2D eigenvalue weighted by Crippen LogP contribution is -2.15. The van der Waals surface area contributed by atoms with Gasteiger partial charge in [-0.25, -0.2) is 0 Å². The van der Waals surface area contributed by atoms with Gasteiger partial charge in [0, 0.05) is 11.5 Å². The highest BCUT2D eigenvalue weighted by molar-refractivity contribution is 4.32. The van der Waals surface area contributed by atoms with Crippen molar-refractivity contribution >= 4 is 0 Å². The predicted molar refractivity (Wildman–Crippen MR) is 45.1 cm³/mol. The van der Waals surface area contributed by atoms with Crippen LogP contribution in [-0.2, 0) is 9.47 Å². The molecule has 0 radical (unpaired) electrons. The summed E-state index contributed by atoms with van der Waals surface area (Å²) in [6.07, 6.45) is 0. The molecule has 0 aliphatic carbocycles. The van der Waals surface area contributed by atoms with Gasteiger partial charge in [-0.1, -0.05) is 0 Å². The van der Waals surface area contributed by atoms with Gasteiger partial charge in [-0.15, -0.1) is 0 Å². The smallest absolute Gasteiger partial charge is 0.214 e. The molecule has 0 fully saturated rings. The lowest BCUT2D eigenvalue weighted by Gasteiger charge is -2.01. The molecule has 0 rings (SSSR count). The molecular formula is C7H17N2O3+. The first kappa shape index (κ1) is 11.5. The van der Waals surface area contributed by atoms with Crippen LogP contribution in [-0.4, -0.2) is 51.3 Å². The average Bonchev–Trinajstić information content (AvgIpc) is 2.02. The SMILES string of the molecule is C[N+](=O)CCOCCOCCN. The standard InChI is InChI=1S/C7H17N2O3/c1-9(10)3-5-12-7-6-11-4-2-8/h2-8H2,1H3/q+1. The van der Waals surface area contributed by atoms with Crippen LogP contribution < -0.4 is 5.73 Å². The Bertz CT molecular complexity index is 119. The first-order chi connectivity index (χ1) is 5.77. The minimum Gasteiger partial charge on any atom is -0.378 e. The maximum Gasteiger partial charge on any atom is 0.214 e. The molecule has 0 amide bonds. The number of ether oxygens (including phenoxy) is 2. The second-order valence-electron chi connectivity index (χ2n) is 2.36. The van der Waals surface area contributed by atoms with Gasteiger partial charge >= 0.3 is 0 Å². The summed E-state index contributed by atoms with van der Waals surface area (Å²) in [4.78, 5) is 10.4. The monoisotopic (exact) mass is 177 g/mol. The van der Waals surface area contributed by atoms with Crippen LogP contribution in [0.2, 0.25) is 0 Å². The van der Waals surface area contributed by atoms with E-state index in [1.165, 1.54) is 7.05 Å². The quantitative estimate of drug-likeness (QED) is 0.396. The molecule has 5 nitrogen and oxygen atoms in total. The molecule has 0 aromatic carbocycles. The molecule has 0 aliphatic rings. The molecule has 0 atom stereocenters. The summed E-state index contributed by atoms with van der Waals surface area (Å²) in [6.45, 7) is 3.00. The van der Waals surface area contributed by atoms with Gasteiger partial charge in [-0.05, 0) is 4.76 Å². The summed E-state index contributed by atoms with van der Waals surface area (Å²) < 4.78 is 11.0. The van der Waals surface area contributed by atoms with Gasteiger partial charge in [0.1, 0.15) is 6.61 Å². The first-order valence-corrected chi connectivity index (χ1v) is 4.01. The number of nitroso groups, excluding NO2 is 1. The van der Waals surface area contributed by atoms with Gasteiger partial charge in [0.15, 0.2) is 7.05 Å². The Kier molecular flexibility index (Phi) is 8.20. The minimum absolute atomic E-state index is 0.400. The molecular weight excluding hydrogens is 160 g/mol. The predicted octanol–water partition coefficient (Wildman–Crippen LogP) is -0.613. The van der Waals surface area contributed by atoms with Crippen LogP contribution in [0.25, 0.3) is 0 Å². The Morgan fingerprint density at radius 3 is 2.25 bits per heavy atom. The molecule has 12 heavy (non-hydrogen) atoms. The molecule has 5 heteroatoms. The Balaban J connectivity index is 2.86. The normalized spacial score (nSPS) is 10.2. The maximum atomic E-state index is 10.4.